The zero-order valence-corrected chi connectivity index (χ0v) is 7.61. The van der Waals surface area contributed by atoms with Gasteiger partial charge in [-0.3, -0.25) is 0 Å². The first-order valence-electron chi connectivity index (χ1n) is 3.89. The zero-order valence-electron chi connectivity index (χ0n) is 7.61. The van der Waals surface area contributed by atoms with Gasteiger partial charge in [-0.25, -0.2) is 0 Å². The Labute approximate surface area is 77.2 Å². The van der Waals surface area contributed by atoms with E-state index in [0.717, 1.165) is 0 Å². The molecule has 0 heterocycles. The fourth-order valence-corrected chi connectivity index (χ4v) is 1.11. The molecule has 0 bridgehead atoms. The van der Waals surface area contributed by atoms with Gasteiger partial charge < -0.3 is 9.84 Å². The molecule has 0 saturated carbocycles. The minimum atomic E-state index is -1.49. The Morgan fingerprint density at radius 2 is 2.08 bits per heavy atom. The number of para-hydroxylation sites is 1. The van der Waals surface area contributed by atoms with E-state index in [2.05, 4.69) is 0 Å². The molecular weight excluding hydrogens is 166 g/mol. The number of benzene rings is 1. The molecule has 1 aromatic rings. The summed E-state index contributed by atoms with van der Waals surface area (Å²) < 4.78 is 5.02. The van der Waals surface area contributed by atoms with Gasteiger partial charge in [-0.05, 0) is 13.0 Å². The van der Waals surface area contributed by atoms with Crippen LogP contribution in [-0.4, -0.2) is 12.2 Å². The molecule has 0 aliphatic carbocycles. The molecule has 1 N–H and O–H groups in total. The van der Waals surface area contributed by atoms with Crippen LogP contribution in [0.25, 0.3) is 0 Å². The van der Waals surface area contributed by atoms with Crippen LogP contribution in [0, 0.1) is 11.3 Å². The Balaban J connectivity index is 3.22. The van der Waals surface area contributed by atoms with Crippen LogP contribution in [0.5, 0.6) is 5.75 Å². The SMILES string of the molecule is COc1ccccc1C(C)(O)C#N. The minimum Gasteiger partial charge on any atom is -0.496 e. The lowest BCUT2D eigenvalue weighted by Gasteiger charge is -2.17. The van der Waals surface area contributed by atoms with Crippen molar-refractivity contribution in [2.24, 2.45) is 0 Å². The number of ether oxygens (including phenoxy) is 1. The summed E-state index contributed by atoms with van der Waals surface area (Å²) in [6.07, 6.45) is 0. The largest absolute Gasteiger partial charge is 0.496 e. The van der Waals surface area contributed by atoms with Gasteiger partial charge in [0.1, 0.15) is 11.8 Å². The first-order chi connectivity index (χ1) is 6.11. The summed E-state index contributed by atoms with van der Waals surface area (Å²) >= 11 is 0. The van der Waals surface area contributed by atoms with Crippen LogP contribution >= 0.6 is 0 Å². The molecule has 0 aliphatic heterocycles. The van der Waals surface area contributed by atoms with Crippen LogP contribution in [0.15, 0.2) is 24.3 Å². The predicted octanol–water partition coefficient (Wildman–Crippen LogP) is 1.43. The van der Waals surface area contributed by atoms with Gasteiger partial charge in [0.05, 0.1) is 7.11 Å². The van der Waals surface area contributed by atoms with Gasteiger partial charge in [-0.2, -0.15) is 5.26 Å². The molecule has 0 aliphatic rings. The molecule has 0 fully saturated rings. The third kappa shape index (κ3) is 1.79. The summed E-state index contributed by atoms with van der Waals surface area (Å²) in [7, 11) is 1.51. The summed E-state index contributed by atoms with van der Waals surface area (Å²) in [4.78, 5) is 0. The summed E-state index contributed by atoms with van der Waals surface area (Å²) in [6.45, 7) is 1.44. The Bertz CT molecular complexity index is 339. The Hall–Kier alpha value is -1.53. The maximum Gasteiger partial charge on any atom is 0.177 e. The molecule has 1 atom stereocenters. The van der Waals surface area contributed by atoms with Crippen molar-refractivity contribution in [1.82, 2.24) is 0 Å². The van der Waals surface area contributed by atoms with Crippen molar-refractivity contribution in [3.05, 3.63) is 29.8 Å². The lowest BCUT2D eigenvalue weighted by molar-refractivity contribution is 0.116. The second-order valence-corrected chi connectivity index (χ2v) is 2.88. The Kier molecular flexibility index (Phi) is 2.54. The number of hydrogen-bond acceptors (Lipinski definition) is 3. The number of hydrogen-bond donors (Lipinski definition) is 1. The third-order valence-corrected chi connectivity index (χ3v) is 1.85. The van der Waals surface area contributed by atoms with Gasteiger partial charge in [0, 0.05) is 5.56 Å². The van der Waals surface area contributed by atoms with Crippen LogP contribution in [0.3, 0.4) is 0 Å². The molecular formula is C10H11NO2. The van der Waals surface area contributed by atoms with Crippen molar-refractivity contribution in [3.8, 4) is 11.8 Å². The van der Waals surface area contributed by atoms with Crippen LogP contribution < -0.4 is 4.74 Å². The molecule has 0 spiro atoms. The fraction of sp³-hybridized carbons (Fsp3) is 0.300. The Morgan fingerprint density at radius 1 is 1.46 bits per heavy atom. The highest BCUT2D eigenvalue weighted by atomic mass is 16.5. The molecule has 68 valence electrons. The first kappa shape index (κ1) is 9.56. The second kappa shape index (κ2) is 3.46. The van der Waals surface area contributed by atoms with Crippen LogP contribution in [0.2, 0.25) is 0 Å². The molecule has 0 radical (unpaired) electrons. The number of aliphatic hydroxyl groups is 1. The van der Waals surface area contributed by atoms with Crippen LogP contribution in [-0.2, 0) is 5.60 Å². The van der Waals surface area contributed by atoms with E-state index in [0.29, 0.717) is 11.3 Å². The van der Waals surface area contributed by atoms with Crippen LogP contribution in [0.4, 0.5) is 0 Å². The van der Waals surface area contributed by atoms with Crippen molar-refractivity contribution < 1.29 is 9.84 Å². The summed E-state index contributed by atoms with van der Waals surface area (Å²) in [5.41, 5.74) is -1.01. The molecule has 0 aromatic heterocycles. The van der Waals surface area contributed by atoms with Gasteiger partial charge in [0.15, 0.2) is 5.60 Å². The van der Waals surface area contributed by atoms with Gasteiger partial charge in [-0.15, -0.1) is 0 Å². The monoisotopic (exact) mass is 177 g/mol. The summed E-state index contributed by atoms with van der Waals surface area (Å²) in [6, 6.07) is 8.73. The molecule has 0 saturated heterocycles. The number of rotatable bonds is 2. The fourth-order valence-electron chi connectivity index (χ4n) is 1.11. The van der Waals surface area contributed by atoms with Gasteiger partial charge in [-0.1, -0.05) is 18.2 Å². The normalized spacial score (nSPS) is 14.3. The highest BCUT2D eigenvalue weighted by molar-refractivity contribution is 5.40. The van der Waals surface area contributed by atoms with E-state index >= 15 is 0 Å². The van der Waals surface area contributed by atoms with Crippen molar-refractivity contribution in [1.29, 1.82) is 5.26 Å². The first-order valence-corrected chi connectivity index (χ1v) is 3.89. The van der Waals surface area contributed by atoms with Crippen molar-refractivity contribution in [2.45, 2.75) is 12.5 Å². The summed E-state index contributed by atoms with van der Waals surface area (Å²) in [5.74, 6) is 0.522. The standard InChI is InChI=1S/C10H11NO2/c1-10(12,7-11)8-5-3-4-6-9(8)13-2/h3-6,12H,1-2H3. The van der Waals surface area contributed by atoms with Gasteiger partial charge in [0.2, 0.25) is 0 Å². The molecule has 13 heavy (non-hydrogen) atoms. The highest BCUT2D eigenvalue weighted by Crippen LogP contribution is 2.28. The quantitative estimate of drug-likeness (QED) is 0.695. The average Bonchev–Trinajstić information content (AvgIpc) is 2.18. The van der Waals surface area contributed by atoms with E-state index in [-0.39, 0.29) is 0 Å². The lowest BCUT2D eigenvalue weighted by Crippen LogP contribution is -2.18. The number of nitriles is 1. The van der Waals surface area contributed by atoms with Crippen LogP contribution in [0.1, 0.15) is 12.5 Å². The molecule has 1 aromatic carbocycles. The molecule has 1 unspecified atom stereocenters. The highest BCUT2D eigenvalue weighted by Gasteiger charge is 2.25. The smallest absolute Gasteiger partial charge is 0.177 e. The minimum absolute atomic E-state index is 0.486. The summed E-state index contributed by atoms with van der Waals surface area (Å²) in [5, 5.41) is 18.4. The average molecular weight is 177 g/mol. The van der Waals surface area contributed by atoms with E-state index in [1.54, 1.807) is 24.3 Å². The molecule has 1 rings (SSSR count). The topological polar surface area (TPSA) is 53.2 Å². The van der Waals surface area contributed by atoms with Crippen molar-refractivity contribution >= 4 is 0 Å². The van der Waals surface area contributed by atoms with Gasteiger partial charge in [0.25, 0.3) is 0 Å². The zero-order chi connectivity index (χ0) is 9.90. The lowest BCUT2D eigenvalue weighted by atomic mass is 9.97. The van der Waals surface area contributed by atoms with Crippen molar-refractivity contribution in [2.75, 3.05) is 7.11 Å². The number of methoxy groups -OCH3 is 1. The molecule has 3 heteroatoms. The maximum atomic E-state index is 9.67. The maximum absolute atomic E-state index is 9.67. The second-order valence-electron chi connectivity index (χ2n) is 2.88. The van der Waals surface area contributed by atoms with E-state index in [1.165, 1.54) is 14.0 Å². The van der Waals surface area contributed by atoms with E-state index in [1.807, 2.05) is 6.07 Å². The molecule has 0 amide bonds. The van der Waals surface area contributed by atoms with Crippen molar-refractivity contribution in [3.63, 3.8) is 0 Å². The van der Waals surface area contributed by atoms with Gasteiger partial charge >= 0.3 is 0 Å². The third-order valence-electron chi connectivity index (χ3n) is 1.85. The predicted molar refractivity (Wildman–Crippen MR) is 48.2 cm³/mol. The van der Waals surface area contributed by atoms with E-state index < -0.39 is 5.60 Å². The van der Waals surface area contributed by atoms with E-state index in [9.17, 15) is 5.11 Å². The number of nitrogens with zero attached hydrogens (tertiary/aromatic N) is 1. The molecule has 3 nitrogen and oxygen atoms in total. The van der Waals surface area contributed by atoms with E-state index in [4.69, 9.17) is 10.00 Å². The Morgan fingerprint density at radius 3 is 2.62 bits per heavy atom.